The highest BCUT2D eigenvalue weighted by molar-refractivity contribution is 5.83. The quantitative estimate of drug-likeness (QED) is 0.365. The molecule has 2 N–H and O–H groups in total. The Morgan fingerprint density at radius 2 is 1.79 bits per heavy atom. The number of pyridine rings is 1. The van der Waals surface area contributed by atoms with Crippen molar-refractivity contribution in [1.29, 1.82) is 0 Å². The number of nitrogens with zero attached hydrogens (tertiary/aromatic N) is 7. The molecular formula is C26H28F3N9O. The van der Waals surface area contributed by atoms with Crippen LogP contribution < -0.4 is 10.2 Å². The van der Waals surface area contributed by atoms with Crippen LogP contribution in [0.2, 0.25) is 0 Å². The van der Waals surface area contributed by atoms with Crippen molar-refractivity contribution in [3.05, 3.63) is 54.4 Å². The van der Waals surface area contributed by atoms with Gasteiger partial charge in [0.1, 0.15) is 18.1 Å². The van der Waals surface area contributed by atoms with Gasteiger partial charge in [-0.1, -0.05) is 0 Å². The van der Waals surface area contributed by atoms with Crippen LogP contribution in [-0.4, -0.2) is 87.1 Å². The van der Waals surface area contributed by atoms with Crippen LogP contribution in [0.4, 0.5) is 30.8 Å². The minimum absolute atomic E-state index is 0.274. The zero-order chi connectivity index (χ0) is 27.6. The Kier molecular flexibility index (Phi) is 7.33. The molecule has 0 radical (unpaired) electrons. The number of hydrogen-bond acceptors (Lipinski definition) is 8. The lowest BCUT2D eigenvalue weighted by Gasteiger charge is -2.35. The maximum absolute atomic E-state index is 12.5. The first kappa shape index (κ1) is 26.4. The molecule has 4 aromatic rings. The highest BCUT2D eigenvalue weighted by Gasteiger charge is 2.34. The Hall–Kier alpha value is -4.26. The van der Waals surface area contributed by atoms with Gasteiger partial charge in [0.25, 0.3) is 0 Å². The number of hydrogen-bond donors (Lipinski definition) is 2. The van der Waals surface area contributed by atoms with E-state index in [1.54, 1.807) is 12.4 Å². The summed E-state index contributed by atoms with van der Waals surface area (Å²) in [4.78, 5) is 38.4. The number of imidazole rings is 1. The highest BCUT2D eigenvalue weighted by atomic mass is 19.4. The van der Waals surface area contributed by atoms with E-state index in [0.717, 1.165) is 28.0 Å². The zero-order valence-corrected chi connectivity index (χ0v) is 21.5. The normalized spacial score (nSPS) is 14.5. The maximum Gasteiger partial charge on any atom is 0.397 e. The average molecular weight is 540 g/mol. The van der Waals surface area contributed by atoms with Crippen LogP contribution in [0, 0.1) is 0 Å². The number of halogens is 3. The zero-order valence-electron chi connectivity index (χ0n) is 21.5. The Morgan fingerprint density at radius 1 is 1.03 bits per heavy atom. The summed E-state index contributed by atoms with van der Waals surface area (Å²) in [6.45, 7) is 2.14. The molecule has 5 rings (SSSR count). The van der Waals surface area contributed by atoms with Crippen LogP contribution in [0.15, 0.2) is 48.8 Å². The van der Waals surface area contributed by atoms with Crippen LogP contribution in [0.25, 0.3) is 22.4 Å². The summed E-state index contributed by atoms with van der Waals surface area (Å²) in [7, 11) is 3.85. The fourth-order valence-electron chi connectivity index (χ4n) is 4.40. The fourth-order valence-corrected chi connectivity index (χ4v) is 4.40. The van der Waals surface area contributed by atoms with Crippen LogP contribution >= 0.6 is 0 Å². The van der Waals surface area contributed by atoms with Gasteiger partial charge in [-0.15, -0.1) is 0 Å². The number of alkyl halides is 3. The molecule has 0 aliphatic carbocycles. The molecule has 39 heavy (non-hydrogen) atoms. The predicted molar refractivity (Wildman–Crippen MR) is 141 cm³/mol. The molecule has 3 aromatic heterocycles. The van der Waals surface area contributed by atoms with Crippen LogP contribution in [0.1, 0.15) is 12.0 Å². The fraction of sp³-hybridized carbons (Fsp3) is 0.346. The van der Waals surface area contributed by atoms with Crippen molar-refractivity contribution >= 4 is 34.5 Å². The molecule has 1 fully saturated rings. The number of fused-ring (bicyclic) bond motifs is 1. The smallest absolute Gasteiger partial charge is 0.363 e. The van der Waals surface area contributed by atoms with E-state index in [1.807, 2.05) is 55.4 Å². The minimum Gasteiger partial charge on any atom is -0.363 e. The largest absolute Gasteiger partial charge is 0.397 e. The third-order valence-electron chi connectivity index (χ3n) is 6.39. The highest BCUT2D eigenvalue weighted by Crippen LogP contribution is 2.25. The molecule has 1 saturated heterocycles. The van der Waals surface area contributed by atoms with E-state index in [0.29, 0.717) is 37.2 Å². The van der Waals surface area contributed by atoms with Gasteiger partial charge >= 0.3 is 6.18 Å². The molecule has 0 atom stereocenters. The Labute approximate surface area is 222 Å². The van der Waals surface area contributed by atoms with Gasteiger partial charge in [0, 0.05) is 64.8 Å². The first-order valence-corrected chi connectivity index (χ1v) is 12.4. The number of nitrogens with one attached hydrogen (secondary N) is 2. The number of H-pyrrole nitrogens is 1. The number of anilines is 3. The lowest BCUT2D eigenvalue weighted by molar-refractivity contribution is -0.162. The number of aromatic nitrogens is 5. The summed E-state index contributed by atoms with van der Waals surface area (Å²) < 4.78 is 37.6. The number of amides is 1. The lowest BCUT2D eigenvalue weighted by Crippen LogP contribution is -2.49. The van der Waals surface area contributed by atoms with Crippen molar-refractivity contribution in [2.75, 3.05) is 50.5 Å². The molecule has 4 heterocycles. The SMILES string of the molecule is CN(C)c1ccnc(-c2ccc3nc(Nc4cc(CN5CCN(C(=O)CC(F)(F)F)CC5)ccn4)[nH]c3c2)n1. The Morgan fingerprint density at radius 3 is 2.54 bits per heavy atom. The molecule has 1 aliphatic rings. The number of piperazine rings is 1. The lowest BCUT2D eigenvalue weighted by atomic mass is 10.2. The number of rotatable bonds is 7. The van der Waals surface area contributed by atoms with Crippen molar-refractivity contribution in [2.45, 2.75) is 19.1 Å². The number of carbonyl (C=O) groups is 1. The summed E-state index contributed by atoms with van der Waals surface area (Å²) >= 11 is 0. The van der Waals surface area contributed by atoms with Crippen molar-refractivity contribution in [3.8, 4) is 11.4 Å². The van der Waals surface area contributed by atoms with Gasteiger partial charge in [-0.2, -0.15) is 13.2 Å². The monoisotopic (exact) mass is 539 g/mol. The summed E-state index contributed by atoms with van der Waals surface area (Å²) in [6.07, 6.45) is -2.47. The first-order valence-electron chi connectivity index (χ1n) is 12.4. The van der Waals surface area contributed by atoms with Crippen LogP contribution in [0.5, 0.6) is 0 Å². The summed E-state index contributed by atoms with van der Waals surface area (Å²) in [5.74, 6) is 1.70. The van der Waals surface area contributed by atoms with Gasteiger partial charge in [-0.3, -0.25) is 9.69 Å². The van der Waals surface area contributed by atoms with E-state index in [-0.39, 0.29) is 13.1 Å². The van der Waals surface area contributed by atoms with E-state index in [4.69, 9.17) is 0 Å². The molecule has 10 nitrogen and oxygen atoms in total. The Bertz CT molecular complexity index is 1460. The topological polar surface area (TPSA) is 106 Å². The maximum atomic E-state index is 12.5. The molecule has 0 bridgehead atoms. The van der Waals surface area contributed by atoms with Crippen molar-refractivity contribution in [2.24, 2.45) is 0 Å². The van der Waals surface area contributed by atoms with Crippen molar-refractivity contribution in [1.82, 2.24) is 34.7 Å². The average Bonchev–Trinajstić information content (AvgIpc) is 3.30. The molecule has 13 heteroatoms. The van der Waals surface area contributed by atoms with E-state index < -0.39 is 18.5 Å². The molecular weight excluding hydrogens is 511 g/mol. The van der Waals surface area contributed by atoms with Gasteiger partial charge < -0.3 is 20.1 Å². The van der Waals surface area contributed by atoms with Gasteiger partial charge in [0.05, 0.1) is 11.0 Å². The van der Waals surface area contributed by atoms with Gasteiger partial charge in [-0.05, 0) is 42.0 Å². The number of carbonyl (C=O) groups excluding carboxylic acids is 1. The summed E-state index contributed by atoms with van der Waals surface area (Å²) in [6, 6.07) is 11.4. The van der Waals surface area contributed by atoms with E-state index >= 15 is 0 Å². The van der Waals surface area contributed by atoms with E-state index in [1.165, 1.54) is 4.90 Å². The first-order chi connectivity index (χ1) is 18.6. The molecule has 1 aromatic carbocycles. The second-order valence-electron chi connectivity index (χ2n) is 9.57. The third-order valence-corrected chi connectivity index (χ3v) is 6.39. The van der Waals surface area contributed by atoms with E-state index in [9.17, 15) is 18.0 Å². The third kappa shape index (κ3) is 6.60. The van der Waals surface area contributed by atoms with Crippen molar-refractivity contribution in [3.63, 3.8) is 0 Å². The number of aromatic amines is 1. The molecule has 0 saturated carbocycles. The second-order valence-corrected chi connectivity index (χ2v) is 9.57. The second kappa shape index (κ2) is 10.8. The minimum atomic E-state index is -4.48. The van der Waals surface area contributed by atoms with Crippen molar-refractivity contribution < 1.29 is 18.0 Å². The van der Waals surface area contributed by atoms with E-state index in [2.05, 4.69) is 35.1 Å². The van der Waals surface area contributed by atoms with Gasteiger partial charge in [-0.25, -0.2) is 19.9 Å². The van der Waals surface area contributed by atoms with Gasteiger partial charge in [0.15, 0.2) is 5.82 Å². The standard InChI is InChI=1S/C26H28F3N9O/c1-36(2)22-6-8-31-24(35-22)18-3-4-19-20(14-18)33-25(32-19)34-21-13-17(5-7-30-21)16-37-9-11-38(12-10-37)23(39)15-26(27,28)29/h3-8,13-14H,9-12,15-16H2,1-2H3,(H2,30,32,33,34). The summed E-state index contributed by atoms with van der Waals surface area (Å²) in [5, 5.41) is 3.20. The summed E-state index contributed by atoms with van der Waals surface area (Å²) in [5.41, 5.74) is 3.45. The molecule has 0 unspecified atom stereocenters. The van der Waals surface area contributed by atoms with Gasteiger partial charge in [0.2, 0.25) is 11.9 Å². The molecule has 204 valence electrons. The number of benzene rings is 1. The molecule has 1 amide bonds. The molecule has 1 aliphatic heterocycles. The van der Waals surface area contributed by atoms with Crippen LogP contribution in [0.3, 0.4) is 0 Å². The molecule has 0 spiro atoms. The van der Waals surface area contributed by atoms with Crippen LogP contribution in [-0.2, 0) is 11.3 Å². The predicted octanol–water partition coefficient (Wildman–Crippen LogP) is 3.82. The Balaban J connectivity index is 1.22.